The highest BCUT2D eigenvalue weighted by molar-refractivity contribution is 7.92. The minimum absolute atomic E-state index is 0.278. The number of carbonyl (C=O) groups is 1. The molecule has 0 saturated carbocycles. The van der Waals surface area contributed by atoms with Crippen LogP contribution in [0.5, 0.6) is 11.5 Å². The molecule has 1 amide bonds. The predicted octanol–water partition coefficient (Wildman–Crippen LogP) is 2.57. The number of sulfonamides is 1. The number of hydrogen-bond donors (Lipinski definition) is 1. The maximum Gasteiger partial charge on any atom is 0.241 e. The SMILES string of the molecule is CCOc1ccc(N(CC(=O)NCc2cccc(OCC)c2)S(C)(=O)=O)cc1. The van der Waals surface area contributed by atoms with Gasteiger partial charge in [0, 0.05) is 6.54 Å². The molecule has 0 unspecified atom stereocenters. The molecule has 7 nitrogen and oxygen atoms in total. The van der Waals surface area contributed by atoms with E-state index >= 15 is 0 Å². The first-order valence-corrected chi connectivity index (χ1v) is 10.9. The molecule has 1 N–H and O–H groups in total. The Morgan fingerprint density at radius 1 is 1.00 bits per heavy atom. The normalized spacial score (nSPS) is 11.0. The van der Waals surface area contributed by atoms with Gasteiger partial charge in [-0.25, -0.2) is 8.42 Å². The first-order chi connectivity index (χ1) is 13.3. The van der Waals surface area contributed by atoms with Crippen molar-refractivity contribution in [1.82, 2.24) is 5.32 Å². The molecule has 0 aliphatic carbocycles. The van der Waals surface area contributed by atoms with Crippen molar-refractivity contribution in [3.8, 4) is 11.5 Å². The van der Waals surface area contributed by atoms with Gasteiger partial charge in [-0.2, -0.15) is 0 Å². The summed E-state index contributed by atoms with van der Waals surface area (Å²) in [6.07, 6.45) is 1.07. The maximum atomic E-state index is 12.4. The lowest BCUT2D eigenvalue weighted by Gasteiger charge is -2.22. The Bertz CT molecular complexity index is 882. The molecule has 2 aromatic rings. The second-order valence-electron chi connectivity index (χ2n) is 6.05. The van der Waals surface area contributed by atoms with E-state index in [2.05, 4.69) is 5.32 Å². The number of benzene rings is 2. The van der Waals surface area contributed by atoms with E-state index in [0.717, 1.165) is 21.9 Å². The predicted molar refractivity (Wildman–Crippen MR) is 109 cm³/mol. The minimum Gasteiger partial charge on any atom is -0.494 e. The zero-order chi connectivity index (χ0) is 20.6. The van der Waals surface area contributed by atoms with Crippen LogP contribution in [0.15, 0.2) is 48.5 Å². The number of anilines is 1. The Morgan fingerprint density at radius 3 is 2.25 bits per heavy atom. The quantitative estimate of drug-likeness (QED) is 0.656. The summed E-state index contributed by atoms with van der Waals surface area (Å²) in [5, 5.41) is 2.75. The third kappa shape index (κ3) is 6.45. The Morgan fingerprint density at radius 2 is 1.64 bits per heavy atom. The van der Waals surface area contributed by atoms with Crippen LogP contribution in [0.1, 0.15) is 19.4 Å². The van der Waals surface area contributed by atoms with Crippen molar-refractivity contribution in [3.63, 3.8) is 0 Å². The van der Waals surface area contributed by atoms with Crippen LogP contribution in [0, 0.1) is 0 Å². The Hall–Kier alpha value is -2.74. The third-order valence-electron chi connectivity index (χ3n) is 3.82. The maximum absolute atomic E-state index is 12.4. The van der Waals surface area contributed by atoms with Crippen molar-refractivity contribution in [2.75, 3.05) is 30.3 Å². The largest absolute Gasteiger partial charge is 0.494 e. The fourth-order valence-electron chi connectivity index (χ4n) is 2.57. The minimum atomic E-state index is -3.62. The average molecular weight is 407 g/mol. The molecule has 0 fully saturated rings. The molecule has 28 heavy (non-hydrogen) atoms. The second-order valence-corrected chi connectivity index (χ2v) is 7.96. The van der Waals surface area contributed by atoms with Crippen LogP contribution >= 0.6 is 0 Å². The lowest BCUT2D eigenvalue weighted by Crippen LogP contribution is -2.40. The summed E-state index contributed by atoms with van der Waals surface area (Å²) < 4.78 is 36.2. The standard InChI is InChI=1S/C20H26N2O5S/c1-4-26-18-11-9-17(10-12-18)22(28(3,24)25)15-20(23)21-14-16-7-6-8-19(13-16)27-5-2/h6-13H,4-5,14-15H2,1-3H3,(H,21,23). The van der Waals surface area contributed by atoms with Gasteiger partial charge in [0.05, 0.1) is 25.2 Å². The van der Waals surface area contributed by atoms with Gasteiger partial charge in [-0.05, 0) is 55.8 Å². The van der Waals surface area contributed by atoms with Crippen LogP contribution in [-0.4, -0.2) is 40.3 Å². The summed E-state index contributed by atoms with van der Waals surface area (Å²) in [4.78, 5) is 12.4. The molecule has 0 aliphatic heterocycles. The molecular weight excluding hydrogens is 380 g/mol. The zero-order valence-electron chi connectivity index (χ0n) is 16.3. The monoisotopic (exact) mass is 406 g/mol. The summed E-state index contributed by atoms with van der Waals surface area (Å²) in [5.74, 6) is 0.959. The summed E-state index contributed by atoms with van der Waals surface area (Å²) in [6, 6.07) is 14.0. The van der Waals surface area contributed by atoms with Gasteiger partial charge in [0.2, 0.25) is 15.9 Å². The van der Waals surface area contributed by atoms with E-state index in [9.17, 15) is 13.2 Å². The Labute approximate surface area is 166 Å². The molecule has 0 heterocycles. The van der Waals surface area contributed by atoms with Gasteiger partial charge in [0.25, 0.3) is 0 Å². The van der Waals surface area contributed by atoms with Gasteiger partial charge in [-0.3, -0.25) is 9.10 Å². The van der Waals surface area contributed by atoms with Gasteiger partial charge in [0.1, 0.15) is 18.0 Å². The van der Waals surface area contributed by atoms with Crippen molar-refractivity contribution in [3.05, 3.63) is 54.1 Å². The van der Waals surface area contributed by atoms with Crippen LogP contribution in [0.3, 0.4) is 0 Å². The van der Waals surface area contributed by atoms with Crippen LogP contribution < -0.4 is 19.1 Å². The lowest BCUT2D eigenvalue weighted by atomic mass is 10.2. The number of nitrogens with one attached hydrogen (secondary N) is 1. The van der Waals surface area contributed by atoms with Gasteiger partial charge in [-0.15, -0.1) is 0 Å². The van der Waals surface area contributed by atoms with Crippen LogP contribution in [-0.2, 0) is 21.4 Å². The third-order valence-corrected chi connectivity index (χ3v) is 4.96. The van der Waals surface area contributed by atoms with Crippen molar-refractivity contribution in [2.45, 2.75) is 20.4 Å². The number of amides is 1. The van der Waals surface area contributed by atoms with E-state index in [1.54, 1.807) is 24.3 Å². The highest BCUT2D eigenvalue weighted by atomic mass is 32.2. The summed E-state index contributed by atoms with van der Waals surface area (Å²) in [6.45, 7) is 4.81. The van der Waals surface area contributed by atoms with E-state index < -0.39 is 15.9 Å². The van der Waals surface area contributed by atoms with Crippen molar-refractivity contribution < 1.29 is 22.7 Å². The highest BCUT2D eigenvalue weighted by Crippen LogP contribution is 2.21. The molecule has 0 bridgehead atoms. The van der Waals surface area contributed by atoms with E-state index in [4.69, 9.17) is 9.47 Å². The van der Waals surface area contributed by atoms with Crippen LogP contribution in [0.2, 0.25) is 0 Å². The van der Waals surface area contributed by atoms with Gasteiger partial charge in [-0.1, -0.05) is 12.1 Å². The fraction of sp³-hybridized carbons (Fsp3) is 0.350. The summed E-state index contributed by atoms with van der Waals surface area (Å²) in [7, 11) is -3.62. The van der Waals surface area contributed by atoms with Crippen LogP contribution in [0.4, 0.5) is 5.69 Å². The molecule has 0 saturated heterocycles. The zero-order valence-corrected chi connectivity index (χ0v) is 17.2. The van der Waals surface area contributed by atoms with E-state index in [1.165, 1.54) is 0 Å². The number of nitrogens with zero attached hydrogens (tertiary/aromatic N) is 1. The molecule has 0 spiro atoms. The van der Waals surface area contributed by atoms with Gasteiger partial charge < -0.3 is 14.8 Å². The first-order valence-electron chi connectivity index (χ1n) is 9.02. The molecule has 0 radical (unpaired) electrons. The summed E-state index contributed by atoms with van der Waals surface area (Å²) in [5.41, 5.74) is 1.27. The number of ether oxygens (including phenoxy) is 2. The molecule has 152 valence electrons. The summed E-state index contributed by atoms with van der Waals surface area (Å²) >= 11 is 0. The van der Waals surface area contributed by atoms with Gasteiger partial charge in [0.15, 0.2) is 0 Å². The van der Waals surface area contributed by atoms with E-state index in [1.807, 2.05) is 38.1 Å². The second kappa shape index (κ2) is 9.98. The Kier molecular flexibility index (Phi) is 7.69. The lowest BCUT2D eigenvalue weighted by molar-refractivity contribution is -0.119. The molecule has 2 rings (SSSR count). The molecule has 0 atom stereocenters. The Balaban J connectivity index is 2.04. The molecule has 0 aromatic heterocycles. The highest BCUT2D eigenvalue weighted by Gasteiger charge is 2.20. The van der Waals surface area contributed by atoms with Crippen LogP contribution in [0.25, 0.3) is 0 Å². The van der Waals surface area contributed by atoms with Gasteiger partial charge >= 0.3 is 0 Å². The molecule has 0 aliphatic rings. The first kappa shape index (κ1) is 21.6. The topological polar surface area (TPSA) is 84.9 Å². The molecular formula is C20H26N2O5S. The number of hydrogen-bond acceptors (Lipinski definition) is 5. The molecule has 2 aromatic carbocycles. The average Bonchev–Trinajstić information content (AvgIpc) is 2.65. The van der Waals surface area contributed by atoms with E-state index in [-0.39, 0.29) is 13.1 Å². The number of carbonyl (C=O) groups excluding carboxylic acids is 1. The molecule has 8 heteroatoms. The van der Waals surface area contributed by atoms with E-state index in [0.29, 0.717) is 24.7 Å². The number of rotatable bonds is 10. The van der Waals surface area contributed by atoms with Crippen molar-refractivity contribution in [2.24, 2.45) is 0 Å². The van der Waals surface area contributed by atoms with Crippen molar-refractivity contribution >= 4 is 21.6 Å². The fourth-order valence-corrected chi connectivity index (χ4v) is 3.43. The van der Waals surface area contributed by atoms with Crippen molar-refractivity contribution in [1.29, 1.82) is 0 Å². The smallest absolute Gasteiger partial charge is 0.241 e.